The molecule has 20 heavy (non-hydrogen) atoms. The van der Waals surface area contributed by atoms with E-state index >= 15 is 0 Å². The summed E-state index contributed by atoms with van der Waals surface area (Å²) in [5.41, 5.74) is 0.414. The number of rotatable bonds is 8. The first-order valence-corrected chi connectivity index (χ1v) is 6.65. The number of aliphatic carboxylic acids is 1. The van der Waals surface area contributed by atoms with Crippen LogP contribution in [0, 0.1) is 0 Å². The molecule has 112 valence electrons. The van der Waals surface area contributed by atoms with Gasteiger partial charge in [-0.2, -0.15) is 0 Å². The number of methoxy groups -OCH3 is 1. The molecule has 0 aliphatic carbocycles. The molecule has 1 heterocycles. The zero-order valence-corrected chi connectivity index (χ0v) is 12.1. The Morgan fingerprint density at radius 3 is 2.60 bits per heavy atom. The molecule has 0 aliphatic rings. The summed E-state index contributed by atoms with van der Waals surface area (Å²) >= 11 is 0. The monoisotopic (exact) mass is 283 g/mol. The van der Waals surface area contributed by atoms with Crippen molar-refractivity contribution in [2.45, 2.75) is 33.2 Å². The summed E-state index contributed by atoms with van der Waals surface area (Å²) < 4.78 is 10.3. The van der Waals surface area contributed by atoms with Crippen LogP contribution in [0.1, 0.15) is 42.1 Å². The van der Waals surface area contributed by atoms with Crippen LogP contribution in [-0.2, 0) is 22.5 Å². The van der Waals surface area contributed by atoms with E-state index in [1.54, 1.807) is 11.0 Å². The van der Waals surface area contributed by atoms with Gasteiger partial charge in [0.15, 0.2) is 0 Å². The van der Waals surface area contributed by atoms with Gasteiger partial charge in [0, 0.05) is 6.42 Å². The Morgan fingerprint density at radius 2 is 2.10 bits per heavy atom. The SMILES string of the molecule is CCCN(CC(=O)O)Cc1cc(C(=O)OC)c(CC)o1. The maximum atomic E-state index is 11.6. The van der Waals surface area contributed by atoms with Gasteiger partial charge < -0.3 is 14.3 Å². The fraction of sp³-hybridized carbons (Fsp3) is 0.571. The molecule has 0 unspecified atom stereocenters. The lowest BCUT2D eigenvalue weighted by molar-refractivity contribution is -0.138. The molecule has 0 radical (unpaired) electrons. The molecule has 0 saturated carbocycles. The summed E-state index contributed by atoms with van der Waals surface area (Å²) in [5.74, 6) is -0.165. The summed E-state index contributed by atoms with van der Waals surface area (Å²) in [6.45, 7) is 4.83. The second-order valence-corrected chi connectivity index (χ2v) is 4.50. The molecule has 0 amide bonds. The zero-order valence-electron chi connectivity index (χ0n) is 12.1. The van der Waals surface area contributed by atoms with E-state index in [4.69, 9.17) is 14.3 Å². The minimum Gasteiger partial charge on any atom is -0.480 e. The van der Waals surface area contributed by atoms with E-state index in [1.165, 1.54) is 7.11 Å². The molecule has 0 atom stereocenters. The van der Waals surface area contributed by atoms with E-state index in [1.807, 2.05) is 13.8 Å². The van der Waals surface area contributed by atoms with Crippen molar-refractivity contribution in [3.05, 3.63) is 23.2 Å². The van der Waals surface area contributed by atoms with Crippen LogP contribution >= 0.6 is 0 Å². The van der Waals surface area contributed by atoms with Crippen LogP contribution in [0.5, 0.6) is 0 Å². The first-order chi connectivity index (χ1) is 9.51. The summed E-state index contributed by atoms with van der Waals surface area (Å²) in [6, 6.07) is 1.63. The Morgan fingerprint density at radius 1 is 1.40 bits per heavy atom. The quantitative estimate of drug-likeness (QED) is 0.734. The van der Waals surface area contributed by atoms with E-state index in [2.05, 4.69) is 0 Å². The standard InChI is InChI=1S/C14H21NO5/c1-4-6-15(9-13(16)17)8-10-7-11(14(18)19-3)12(5-2)20-10/h7H,4-6,8-9H2,1-3H3,(H,16,17). The first kappa shape index (κ1) is 16.2. The van der Waals surface area contributed by atoms with Crippen molar-refractivity contribution in [1.82, 2.24) is 4.90 Å². The van der Waals surface area contributed by atoms with Crippen LogP contribution in [0.15, 0.2) is 10.5 Å². The number of hydrogen-bond acceptors (Lipinski definition) is 5. The minimum absolute atomic E-state index is 0.0520. The van der Waals surface area contributed by atoms with Gasteiger partial charge in [0.05, 0.1) is 20.2 Å². The number of furan rings is 1. The van der Waals surface area contributed by atoms with E-state index in [0.717, 1.165) is 6.42 Å². The van der Waals surface area contributed by atoms with E-state index < -0.39 is 11.9 Å². The van der Waals surface area contributed by atoms with Gasteiger partial charge in [0.25, 0.3) is 0 Å². The number of hydrogen-bond donors (Lipinski definition) is 1. The number of aryl methyl sites for hydroxylation is 1. The normalized spacial score (nSPS) is 10.8. The van der Waals surface area contributed by atoms with Gasteiger partial charge in [-0.15, -0.1) is 0 Å². The predicted molar refractivity (Wildman–Crippen MR) is 72.6 cm³/mol. The smallest absolute Gasteiger partial charge is 0.341 e. The van der Waals surface area contributed by atoms with Crippen molar-refractivity contribution >= 4 is 11.9 Å². The number of carboxylic acid groups (broad SMARTS) is 1. The maximum absolute atomic E-state index is 11.6. The summed E-state index contributed by atoms with van der Waals surface area (Å²) in [5, 5.41) is 8.87. The molecule has 0 aromatic carbocycles. The maximum Gasteiger partial charge on any atom is 0.341 e. The molecule has 0 saturated heterocycles. The number of carbonyl (C=O) groups is 2. The first-order valence-electron chi connectivity index (χ1n) is 6.65. The van der Waals surface area contributed by atoms with Crippen molar-refractivity contribution < 1.29 is 23.8 Å². The number of esters is 1. The van der Waals surface area contributed by atoms with Crippen molar-refractivity contribution in [2.24, 2.45) is 0 Å². The van der Waals surface area contributed by atoms with Crippen LogP contribution in [0.3, 0.4) is 0 Å². The van der Waals surface area contributed by atoms with Crippen LogP contribution in [-0.4, -0.2) is 42.1 Å². The Kier molecular flexibility index (Phi) is 6.24. The molecule has 0 bridgehead atoms. The predicted octanol–water partition coefficient (Wildman–Crippen LogP) is 1.93. The van der Waals surface area contributed by atoms with Gasteiger partial charge in [-0.3, -0.25) is 9.69 Å². The highest BCUT2D eigenvalue weighted by molar-refractivity contribution is 5.90. The summed E-state index contributed by atoms with van der Waals surface area (Å²) in [7, 11) is 1.32. The number of carboxylic acids is 1. The second-order valence-electron chi connectivity index (χ2n) is 4.50. The van der Waals surface area contributed by atoms with E-state index in [9.17, 15) is 9.59 Å². The molecule has 0 fully saturated rings. The molecule has 1 rings (SSSR count). The van der Waals surface area contributed by atoms with Crippen molar-refractivity contribution in [3.8, 4) is 0 Å². The van der Waals surface area contributed by atoms with Crippen LogP contribution in [0.4, 0.5) is 0 Å². The molecular weight excluding hydrogens is 262 g/mol. The summed E-state index contributed by atoms with van der Waals surface area (Å²) in [6.07, 6.45) is 1.43. The fourth-order valence-electron chi connectivity index (χ4n) is 2.05. The van der Waals surface area contributed by atoms with E-state index in [0.29, 0.717) is 36.6 Å². The zero-order chi connectivity index (χ0) is 15.1. The number of ether oxygens (including phenoxy) is 1. The lowest BCUT2D eigenvalue weighted by Crippen LogP contribution is -2.29. The highest BCUT2D eigenvalue weighted by atomic mass is 16.5. The highest BCUT2D eigenvalue weighted by Gasteiger charge is 2.19. The Balaban J connectivity index is 2.87. The van der Waals surface area contributed by atoms with E-state index in [-0.39, 0.29) is 6.54 Å². The molecule has 6 nitrogen and oxygen atoms in total. The second kappa shape index (κ2) is 7.69. The third-order valence-electron chi connectivity index (χ3n) is 2.86. The Bertz CT molecular complexity index is 466. The van der Waals surface area contributed by atoms with Gasteiger partial charge in [0.1, 0.15) is 17.1 Å². The summed E-state index contributed by atoms with van der Waals surface area (Å²) in [4.78, 5) is 24.2. The van der Waals surface area contributed by atoms with Crippen molar-refractivity contribution in [2.75, 3.05) is 20.2 Å². The lowest BCUT2D eigenvalue weighted by atomic mass is 10.2. The Hall–Kier alpha value is -1.82. The third kappa shape index (κ3) is 4.38. The molecule has 1 N–H and O–H groups in total. The largest absolute Gasteiger partial charge is 0.480 e. The van der Waals surface area contributed by atoms with Gasteiger partial charge in [0.2, 0.25) is 0 Å². The van der Waals surface area contributed by atoms with Crippen molar-refractivity contribution in [1.29, 1.82) is 0 Å². The minimum atomic E-state index is -0.881. The third-order valence-corrected chi connectivity index (χ3v) is 2.86. The van der Waals surface area contributed by atoms with Gasteiger partial charge >= 0.3 is 11.9 Å². The van der Waals surface area contributed by atoms with Gasteiger partial charge in [-0.1, -0.05) is 13.8 Å². The van der Waals surface area contributed by atoms with Gasteiger partial charge in [-0.05, 0) is 19.0 Å². The van der Waals surface area contributed by atoms with Crippen LogP contribution in [0.25, 0.3) is 0 Å². The Labute approximate surface area is 118 Å². The molecule has 0 spiro atoms. The highest BCUT2D eigenvalue weighted by Crippen LogP contribution is 2.19. The molecule has 6 heteroatoms. The molecule has 1 aromatic heterocycles. The number of nitrogens with zero attached hydrogens (tertiary/aromatic N) is 1. The van der Waals surface area contributed by atoms with Gasteiger partial charge in [-0.25, -0.2) is 4.79 Å². The molecular formula is C14H21NO5. The van der Waals surface area contributed by atoms with Crippen LogP contribution < -0.4 is 0 Å². The molecule has 0 aliphatic heterocycles. The average molecular weight is 283 g/mol. The topological polar surface area (TPSA) is 80.0 Å². The molecule has 1 aromatic rings. The lowest BCUT2D eigenvalue weighted by Gasteiger charge is -2.17. The van der Waals surface area contributed by atoms with Crippen molar-refractivity contribution in [3.63, 3.8) is 0 Å². The fourth-order valence-corrected chi connectivity index (χ4v) is 2.05. The average Bonchev–Trinajstić information content (AvgIpc) is 2.80. The number of carbonyl (C=O) groups excluding carboxylic acids is 1. The van der Waals surface area contributed by atoms with Crippen LogP contribution in [0.2, 0.25) is 0 Å².